The van der Waals surface area contributed by atoms with Crippen molar-refractivity contribution in [1.29, 1.82) is 0 Å². The maximum absolute atomic E-state index is 11.2. The van der Waals surface area contributed by atoms with Crippen LogP contribution in [0.2, 0.25) is 0 Å². The average Bonchev–Trinajstić information content (AvgIpc) is 2.66. The van der Waals surface area contributed by atoms with E-state index in [4.69, 9.17) is 0 Å². The van der Waals surface area contributed by atoms with Gasteiger partial charge in [-0.2, -0.15) is 0 Å². The Morgan fingerprint density at radius 2 is 1.93 bits per heavy atom. The molecular weight excluding hydrogens is 206 g/mol. The van der Waals surface area contributed by atoms with Crippen LogP contribution in [0.4, 0.5) is 0 Å². The quantitative estimate of drug-likeness (QED) is 0.599. The SMILES string of the molecule is CONC(=O)c1ccc(C(=O)OC)s1. The van der Waals surface area contributed by atoms with Crippen LogP contribution in [0.25, 0.3) is 0 Å². The van der Waals surface area contributed by atoms with E-state index in [2.05, 4.69) is 15.1 Å². The number of nitrogens with one attached hydrogen (secondary N) is 1. The Bertz CT molecular complexity index is 347. The fourth-order valence-corrected chi connectivity index (χ4v) is 1.62. The van der Waals surface area contributed by atoms with Crippen LogP contribution >= 0.6 is 11.3 Å². The number of hydrogen-bond acceptors (Lipinski definition) is 5. The second-order valence-corrected chi connectivity index (χ2v) is 3.37. The predicted octanol–water partition coefficient (Wildman–Crippen LogP) is 0.826. The Hall–Kier alpha value is -1.40. The number of ether oxygens (including phenoxy) is 1. The molecule has 1 aromatic rings. The summed E-state index contributed by atoms with van der Waals surface area (Å²) in [5.41, 5.74) is 2.15. The zero-order valence-corrected chi connectivity index (χ0v) is 8.51. The highest BCUT2D eigenvalue weighted by Crippen LogP contribution is 2.16. The lowest BCUT2D eigenvalue weighted by atomic mass is 10.4. The minimum atomic E-state index is -0.452. The molecule has 0 saturated carbocycles. The summed E-state index contributed by atoms with van der Waals surface area (Å²) >= 11 is 1.05. The number of thiophene rings is 1. The Morgan fingerprint density at radius 3 is 2.50 bits per heavy atom. The van der Waals surface area contributed by atoms with Crippen LogP contribution < -0.4 is 5.48 Å². The van der Waals surface area contributed by atoms with Gasteiger partial charge in [0, 0.05) is 0 Å². The summed E-state index contributed by atoms with van der Waals surface area (Å²) in [7, 11) is 2.63. The molecule has 0 aliphatic heterocycles. The van der Waals surface area contributed by atoms with Gasteiger partial charge in [-0.25, -0.2) is 10.3 Å². The maximum atomic E-state index is 11.2. The number of carbonyl (C=O) groups excluding carboxylic acids is 2. The van der Waals surface area contributed by atoms with Crippen LogP contribution in [0.5, 0.6) is 0 Å². The molecule has 1 heterocycles. The topological polar surface area (TPSA) is 64.6 Å². The molecule has 0 bridgehead atoms. The van der Waals surface area contributed by atoms with E-state index in [1.165, 1.54) is 26.4 Å². The van der Waals surface area contributed by atoms with Gasteiger partial charge in [-0.3, -0.25) is 9.63 Å². The van der Waals surface area contributed by atoms with Gasteiger partial charge in [0.15, 0.2) is 0 Å². The van der Waals surface area contributed by atoms with Crippen molar-refractivity contribution in [3.8, 4) is 0 Å². The molecule has 0 atom stereocenters. The van der Waals surface area contributed by atoms with Crippen molar-refractivity contribution in [3.05, 3.63) is 21.9 Å². The first kappa shape index (κ1) is 10.7. The Balaban J connectivity index is 2.77. The molecule has 1 amide bonds. The van der Waals surface area contributed by atoms with Crippen molar-refractivity contribution >= 4 is 23.2 Å². The summed E-state index contributed by atoms with van der Waals surface area (Å²) in [4.78, 5) is 27.4. The predicted molar refractivity (Wildman–Crippen MR) is 50.1 cm³/mol. The summed E-state index contributed by atoms with van der Waals surface area (Å²) in [6.45, 7) is 0. The molecule has 0 spiro atoms. The summed E-state index contributed by atoms with van der Waals surface area (Å²) < 4.78 is 4.50. The summed E-state index contributed by atoms with van der Waals surface area (Å²) in [6.07, 6.45) is 0. The molecule has 0 aliphatic rings. The van der Waals surface area contributed by atoms with Crippen molar-refractivity contribution in [2.75, 3.05) is 14.2 Å². The highest BCUT2D eigenvalue weighted by molar-refractivity contribution is 7.15. The van der Waals surface area contributed by atoms with E-state index in [1.54, 1.807) is 0 Å². The van der Waals surface area contributed by atoms with E-state index in [0.717, 1.165) is 11.3 Å². The normalized spacial score (nSPS) is 9.57. The fourth-order valence-electron chi connectivity index (χ4n) is 0.813. The van der Waals surface area contributed by atoms with Gasteiger partial charge in [0.05, 0.1) is 19.1 Å². The van der Waals surface area contributed by atoms with Crippen molar-refractivity contribution in [2.45, 2.75) is 0 Å². The second-order valence-electron chi connectivity index (χ2n) is 2.29. The van der Waals surface area contributed by atoms with E-state index < -0.39 is 5.97 Å². The molecule has 14 heavy (non-hydrogen) atoms. The first-order valence-electron chi connectivity index (χ1n) is 3.70. The maximum Gasteiger partial charge on any atom is 0.348 e. The summed E-state index contributed by atoms with van der Waals surface area (Å²) in [6, 6.07) is 3.06. The standard InChI is InChI=1S/C8H9NO4S/c1-12-8(11)6-4-3-5(14-6)7(10)9-13-2/h3-4H,1-2H3,(H,9,10). The fraction of sp³-hybridized carbons (Fsp3) is 0.250. The zero-order valence-electron chi connectivity index (χ0n) is 7.70. The van der Waals surface area contributed by atoms with Crippen molar-refractivity contribution in [2.24, 2.45) is 0 Å². The van der Waals surface area contributed by atoms with Gasteiger partial charge in [-0.05, 0) is 12.1 Å². The van der Waals surface area contributed by atoms with Gasteiger partial charge in [-0.15, -0.1) is 11.3 Å². The zero-order chi connectivity index (χ0) is 10.6. The van der Waals surface area contributed by atoms with Crippen LogP contribution in [0, 0.1) is 0 Å². The third kappa shape index (κ3) is 2.30. The van der Waals surface area contributed by atoms with Crippen LogP contribution in [0.1, 0.15) is 19.3 Å². The summed E-state index contributed by atoms with van der Waals surface area (Å²) in [5.74, 6) is -0.834. The molecule has 0 aromatic carbocycles. The lowest BCUT2D eigenvalue weighted by molar-refractivity contribution is 0.0542. The van der Waals surface area contributed by atoms with Crippen molar-refractivity contribution in [3.63, 3.8) is 0 Å². The molecule has 1 rings (SSSR count). The second kappa shape index (κ2) is 4.73. The molecule has 0 aliphatic carbocycles. The van der Waals surface area contributed by atoms with Gasteiger partial charge < -0.3 is 4.74 Å². The summed E-state index contributed by atoms with van der Waals surface area (Å²) in [5, 5.41) is 0. The third-order valence-electron chi connectivity index (χ3n) is 1.41. The van der Waals surface area contributed by atoms with Crippen LogP contribution in [0.15, 0.2) is 12.1 Å². The molecule has 0 unspecified atom stereocenters. The number of hydrogen-bond donors (Lipinski definition) is 1. The number of amides is 1. The van der Waals surface area contributed by atoms with Crippen LogP contribution in [0.3, 0.4) is 0 Å². The smallest absolute Gasteiger partial charge is 0.348 e. The Kier molecular flexibility index (Phi) is 3.61. The first-order valence-corrected chi connectivity index (χ1v) is 4.52. The Labute approximate surface area is 84.6 Å². The molecule has 1 N–H and O–H groups in total. The number of hydroxylamine groups is 1. The van der Waals surface area contributed by atoms with Gasteiger partial charge >= 0.3 is 5.97 Å². The van der Waals surface area contributed by atoms with Gasteiger partial charge in [0.2, 0.25) is 0 Å². The van der Waals surface area contributed by atoms with E-state index in [0.29, 0.717) is 9.75 Å². The minimum Gasteiger partial charge on any atom is -0.465 e. The van der Waals surface area contributed by atoms with Crippen LogP contribution in [-0.2, 0) is 9.57 Å². The van der Waals surface area contributed by atoms with E-state index in [1.807, 2.05) is 0 Å². The molecule has 6 heteroatoms. The van der Waals surface area contributed by atoms with E-state index in [-0.39, 0.29) is 5.91 Å². The molecule has 5 nitrogen and oxygen atoms in total. The molecule has 0 fully saturated rings. The molecule has 0 saturated heterocycles. The monoisotopic (exact) mass is 215 g/mol. The molecule has 0 radical (unpaired) electrons. The van der Waals surface area contributed by atoms with Gasteiger partial charge in [0.1, 0.15) is 4.88 Å². The highest BCUT2D eigenvalue weighted by atomic mass is 32.1. The van der Waals surface area contributed by atoms with Crippen molar-refractivity contribution < 1.29 is 19.2 Å². The third-order valence-corrected chi connectivity index (χ3v) is 2.48. The van der Waals surface area contributed by atoms with Crippen LogP contribution in [-0.4, -0.2) is 26.1 Å². The van der Waals surface area contributed by atoms with Gasteiger partial charge in [0.25, 0.3) is 5.91 Å². The lowest BCUT2D eigenvalue weighted by Crippen LogP contribution is -2.20. The largest absolute Gasteiger partial charge is 0.465 e. The molecular formula is C8H9NO4S. The number of rotatable bonds is 3. The number of esters is 1. The average molecular weight is 215 g/mol. The number of carbonyl (C=O) groups is 2. The lowest BCUT2D eigenvalue weighted by Gasteiger charge is -1.97. The molecule has 1 aromatic heterocycles. The van der Waals surface area contributed by atoms with E-state index in [9.17, 15) is 9.59 Å². The highest BCUT2D eigenvalue weighted by Gasteiger charge is 2.13. The Morgan fingerprint density at radius 1 is 1.29 bits per heavy atom. The van der Waals surface area contributed by atoms with Crippen molar-refractivity contribution in [1.82, 2.24) is 5.48 Å². The molecule has 76 valence electrons. The minimum absolute atomic E-state index is 0.382. The number of methoxy groups -OCH3 is 1. The van der Waals surface area contributed by atoms with Gasteiger partial charge in [-0.1, -0.05) is 0 Å². The van der Waals surface area contributed by atoms with E-state index >= 15 is 0 Å². The first-order chi connectivity index (χ1) is 6.69.